The maximum absolute atomic E-state index is 12.6. The Bertz CT molecular complexity index is 933. The van der Waals surface area contributed by atoms with Gasteiger partial charge in [0, 0.05) is 32.1 Å². The number of aliphatic hydroxyl groups excluding tert-OH is 1. The molecule has 160 valence electrons. The van der Waals surface area contributed by atoms with Crippen LogP contribution >= 0.6 is 11.6 Å². The van der Waals surface area contributed by atoms with Crippen LogP contribution in [-0.4, -0.2) is 45.7 Å². The molecule has 30 heavy (non-hydrogen) atoms. The van der Waals surface area contributed by atoms with Crippen molar-refractivity contribution < 1.29 is 23.1 Å². The molecule has 0 saturated carbocycles. The standard InChI is InChI=1S/C20H20ClF3N4O2/c21-16-10-13(2-1-9-29)11-26-18(16)14-5-7-28(8-6-14)19(30)27-17-4-3-15(12-25-17)20(22,23)24/h3-5,10-12,29H,1-2,6-9H2,(H,25,27,30). The third-order valence-electron chi connectivity index (χ3n) is 4.65. The summed E-state index contributed by atoms with van der Waals surface area (Å²) in [5.41, 5.74) is 1.65. The van der Waals surface area contributed by atoms with Crippen LogP contribution < -0.4 is 5.32 Å². The van der Waals surface area contributed by atoms with E-state index in [1.807, 2.05) is 12.1 Å². The molecule has 2 aromatic heterocycles. The summed E-state index contributed by atoms with van der Waals surface area (Å²) in [5.74, 6) is 0.0472. The number of aliphatic hydroxyl groups is 1. The van der Waals surface area contributed by atoms with Gasteiger partial charge < -0.3 is 10.0 Å². The summed E-state index contributed by atoms with van der Waals surface area (Å²) in [4.78, 5) is 22.0. The lowest BCUT2D eigenvalue weighted by Crippen LogP contribution is -2.38. The van der Waals surface area contributed by atoms with Crippen molar-refractivity contribution in [1.29, 1.82) is 0 Å². The van der Waals surface area contributed by atoms with E-state index in [-0.39, 0.29) is 12.4 Å². The molecule has 2 aromatic rings. The van der Waals surface area contributed by atoms with Crippen LogP contribution in [0.25, 0.3) is 5.57 Å². The Balaban J connectivity index is 1.60. The Morgan fingerprint density at radius 3 is 2.63 bits per heavy atom. The summed E-state index contributed by atoms with van der Waals surface area (Å²) in [6, 6.07) is 3.37. The van der Waals surface area contributed by atoms with E-state index >= 15 is 0 Å². The predicted molar refractivity (Wildman–Crippen MR) is 107 cm³/mol. The molecule has 1 aliphatic heterocycles. The van der Waals surface area contributed by atoms with E-state index in [0.717, 1.165) is 23.3 Å². The average Bonchev–Trinajstić information content (AvgIpc) is 2.72. The third kappa shape index (κ3) is 5.48. The number of hydrogen-bond donors (Lipinski definition) is 2. The monoisotopic (exact) mass is 440 g/mol. The van der Waals surface area contributed by atoms with Crippen LogP contribution in [0.15, 0.2) is 36.7 Å². The van der Waals surface area contributed by atoms with E-state index in [1.165, 1.54) is 4.90 Å². The SMILES string of the molecule is O=C(Nc1ccc(C(F)(F)F)cn1)N1CC=C(c2ncc(CCCO)cc2Cl)CC1. The summed E-state index contributed by atoms with van der Waals surface area (Å²) in [5, 5.41) is 11.9. The molecule has 0 radical (unpaired) electrons. The molecule has 0 spiro atoms. The van der Waals surface area contributed by atoms with Crippen LogP contribution in [0.2, 0.25) is 5.02 Å². The molecule has 2 N–H and O–H groups in total. The van der Waals surface area contributed by atoms with Crippen LogP contribution in [0.5, 0.6) is 0 Å². The van der Waals surface area contributed by atoms with Crippen LogP contribution in [-0.2, 0) is 12.6 Å². The Morgan fingerprint density at radius 2 is 2.07 bits per heavy atom. The molecule has 3 rings (SSSR count). The number of anilines is 1. The highest BCUT2D eigenvalue weighted by molar-refractivity contribution is 6.32. The zero-order chi connectivity index (χ0) is 21.7. The van der Waals surface area contributed by atoms with E-state index in [9.17, 15) is 18.0 Å². The number of amides is 2. The predicted octanol–water partition coefficient (Wildman–Crippen LogP) is 4.39. The maximum Gasteiger partial charge on any atom is 0.417 e. The molecule has 0 fully saturated rings. The average molecular weight is 441 g/mol. The van der Waals surface area contributed by atoms with Gasteiger partial charge in [-0.15, -0.1) is 0 Å². The van der Waals surface area contributed by atoms with E-state index in [0.29, 0.717) is 49.3 Å². The number of pyridine rings is 2. The fourth-order valence-corrected chi connectivity index (χ4v) is 3.34. The van der Waals surface area contributed by atoms with Crippen molar-refractivity contribution in [1.82, 2.24) is 14.9 Å². The van der Waals surface area contributed by atoms with E-state index in [4.69, 9.17) is 16.7 Å². The number of halogens is 4. The highest BCUT2D eigenvalue weighted by Crippen LogP contribution is 2.30. The molecule has 10 heteroatoms. The number of aryl methyl sites for hydroxylation is 1. The highest BCUT2D eigenvalue weighted by atomic mass is 35.5. The van der Waals surface area contributed by atoms with Crippen LogP contribution in [0.3, 0.4) is 0 Å². The topological polar surface area (TPSA) is 78.4 Å². The first-order valence-electron chi connectivity index (χ1n) is 9.32. The van der Waals surface area contributed by atoms with Crippen molar-refractivity contribution in [2.45, 2.75) is 25.4 Å². The molecule has 0 saturated heterocycles. The van der Waals surface area contributed by atoms with Gasteiger partial charge in [0.1, 0.15) is 5.82 Å². The smallest absolute Gasteiger partial charge is 0.396 e. The van der Waals surface area contributed by atoms with Crippen molar-refractivity contribution in [3.63, 3.8) is 0 Å². The Kier molecular flexibility index (Phi) is 6.94. The van der Waals surface area contributed by atoms with E-state index in [1.54, 1.807) is 6.20 Å². The molecule has 3 heterocycles. The minimum absolute atomic E-state index is 0.0472. The lowest BCUT2D eigenvalue weighted by molar-refractivity contribution is -0.137. The first kappa shape index (κ1) is 22.0. The summed E-state index contributed by atoms with van der Waals surface area (Å²) < 4.78 is 37.8. The molecule has 0 unspecified atom stereocenters. The summed E-state index contributed by atoms with van der Waals surface area (Å²) >= 11 is 6.35. The van der Waals surface area contributed by atoms with Gasteiger partial charge in [-0.2, -0.15) is 13.2 Å². The van der Waals surface area contributed by atoms with Gasteiger partial charge in [-0.1, -0.05) is 17.7 Å². The second kappa shape index (κ2) is 9.44. The fraction of sp³-hybridized carbons (Fsp3) is 0.350. The van der Waals surface area contributed by atoms with Gasteiger partial charge in [0.25, 0.3) is 0 Å². The third-order valence-corrected chi connectivity index (χ3v) is 4.94. The molecular weight excluding hydrogens is 421 g/mol. The van der Waals surface area contributed by atoms with Crippen molar-refractivity contribution in [2.24, 2.45) is 0 Å². The molecule has 2 amide bonds. The number of hydrogen-bond acceptors (Lipinski definition) is 4. The first-order valence-corrected chi connectivity index (χ1v) is 9.69. The number of carbonyl (C=O) groups excluding carboxylic acids is 1. The lowest BCUT2D eigenvalue weighted by atomic mass is 10.0. The van der Waals surface area contributed by atoms with Gasteiger partial charge in [0.15, 0.2) is 0 Å². The van der Waals surface area contributed by atoms with Gasteiger partial charge in [0.05, 0.1) is 16.3 Å². The maximum atomic E-state index is 12.6. The van der Waals surface area contributed by atoms with Crippen LogP contribution in [0.1, 0.15) is 29.7 Å². The number of carbonyl (C=O) groups is 1. The van der Waals surface area contributed by atoms with Crippen molar-refractivity contribution in [3.8, 4) is 0 Å². The van der Waals surface area contributed by atoms with E-state index in [2.05, 4.69) is 15.3 Å². The molecule has 0 bridgehead atoms. The number of alkyl halides is 3. The molecule has 0 aliphatic carbocycles. The fourth-order valence-electron chi connectivity index (χ4n) is 3.03. The normalized spacial score (nSPS) is 14.4. The van der Waals surface area contributed by atoms with Crippen LogP contribution in [0.4, 0.5) is 23.8 Å². The largest absolute Gasteiger partial charge is 0.417 e. The number of aromatic nitrogens is 2. The zero-order valence-corrected chi connectivity index (χ0v) is 16.7. The van der Waals surface area contributed by atoms with Gasteiger partial charge in [0.2, 0.25) is 0 Å². The van der Waals surface area contributed by atoms with Crippen LogP contribution in [0, 0.1) is 0 Å². The highest BCUT2D eigenvalue weighted by Gasteiger charge is 2.30. The number of nitrogens with zero attached hydrogens (tertiary/aromatic N) is 3. The first-order chi connectivity index (χ1) is 14.3. The quantitative estimate of drug-likeness (QED) is 0.722. The minimum Gasteiger partial charge on any atom is -0.396 e. The lowest BCUT2D eigenvalue weighted by Gasteiger charge is -2.26. The summed E-state index contributed by atoms with van der Waals surface area (Å²) in [7, 11) is 0. The number of nitrogens with one attached hydrogen (secondary N) is 1. The van der Waals surface area contributed by atoms with Gasteiger partial charge in [-0.3, -0.25) is 10.3 Å². The number of rotatable bonds is 5. The van der Waals surface area contributed by atoms with Crippen molar-refractivity contribution >= 4 is 29.0 Å². The molecule has 0 aromatic carbocycles. The minimum atomic E-state index is -4.48. The summed E-state index contributed by atoms with van der Waals surface area (Å²) in [6.07, 6.45) is 1.65. The second-order valence-electron chi connectivity index (χ2n) is 6.79. The zero-order valence-electron chi connectivity index (χ0n) is 15.9. The van der Waals surface area contributed by atoms with Gasteiger partial charge >= 0.3 is 12.2 Å². The summed E-state index contributed by atoms with van der Waals surface area (Å²) in [6.45, 7) is 0.819. The second-order valence-corrected chi connectivity index (χ2v) is 7.19. The van der Waals surface area contributed by atoms with Gasteiger partial charge in [-0.05, 0) is 48.6 Å². The van der Waals surface area contributed by atoms with Crippen molar-refractivity contribution in [2.75, 3.05) is 25.0 Å². The Labute approximate surface area is 176 Å². The number of urea groups is 1. The van der Waals surface area contributed by atoms with Crippen molar-refractivity contribution in [3.05, 3.63) is 58.5 Å². The molecule has 0 atom stereocenters. The Hall–Kier alpha value is -2.65. The van der Waals surface area contributed by atoms with E-state index < -0.39 is 17.8 Å². The Morgan fingerprint density at radius 1 is 1.27 bits per heavy atom. The molecule has 6 nitrogen and oxygen atoms in total. The molecule has 1 aliphatic rings. The molecular formula is C20H20ClF3N4O2. The van der Waals surface area contributed by atoms with Gasteiger partial charge in [-0.25, -0.2) is 9.78 Å².